The maximum Gasteiger partial charge on any atom is 0.255 e. The van der Waals surface area contributed by atoms with Gasteiger partial charge in [-0.05, 0) is 87.0 Å². The third kappa shape index (κ3) is 5.97. The molecular formula is C35H41N7O2. The number of aromatic nitrogens is 3. The molecule has 0 radical (unpaired) electrons. The van der Waals surface area contributed by atoms with Crippen LogP contribution in [0.1, 0.15) is 78.8 Å². The lowest BCUT2D eigenvalue weighted by Gasteiger charge is -2.22. The molecule has 6 rings (SSSR count). The van der Waals surface area contributed by atoms with Gasteiger partial charge in [-0.25, -0.2) is 9.97 Å². The molecule has 2 aliphatic heterocycles. The number of likely N-dealkylation sites (tertiary alicyclic amines) is 2. The lowest BCUT2D eigenvalue weighted by atomic mass is 9.97. The Morgan fingerprint density at radius 3 is 2.68 bits per heavy atom. The van der Waals surface area contributed by atoms with Crippen molar-refractivity contribution in [2.45, 2.75) is 58.4 Å². The van der Waals surface area contributed by atoms with Gasteiger partial charge in [-0.2, -0.15) is 0 Å². The molecule has 0 bridgehead atoms. The van der Waals surface area contributed by atoms with Gasteiger partial charge in [-0.1, -0.05) is 38.1 Å². The molecular weight excluding hydrogens is 550 g/mol. The molecule has 3 N–H and O–H groups in total. The first-order valence-electron chi connectivity index (χ1n) is 15.6. The number of nitrogens with one attached hydrogen (secondary N) is 1. The second-order valence-electron chi connectivity index (χ2n) is 12.2. The quantitative estimate of drug-likeness (QED) is 0.244. The van der Waals surface area contributed by atoms with Gasteiger partial charge in [0.15, 0.2) is 0 Å². The Balaban J connectivity index is 1.28. The van der Waals surface area contributed by atoms with E-state index in [1.165, 1.54) is 18.4 Å². The molecule has 2 saturated heterocycles. The SMILES string of the molecule is Cc1cc(NC(=O)c2cccc(-c3nc([C@@H]4CCCN4C(=O)/C=C/CN4CCCC4)n4ccnc(N)c34)c2)ccc1C(C)C. The minimum Gasteiger partial charge on any atom is -0.382 e. The van der Waals surface area contributed by atoms with E-state index >= 15 is 0 Å². The Labute approximate surface area is 258 Å². The molecule has 2 amide bonds. The molecule has 0 unspecified atom stereocenters. The Kier molecular flexibility index (Phi) is 8.48. The highest BCUT2D eigenvalue weighted by Crippen LogP contribution is 2.37. The number of nitrogen functional groups attached to an aromatic ring is 1. The molecule has 0 saturated carbocycles. The fourth-order valence-electron chi connectivity index (χ4n) is 6.60. The van der Waals surface area contributed by atoms with Crippen molar-refractivity contribution in [2.24, 2.45) is 0 Å². The van der Waals surface area contributed by atoms with Crippen molar-refractivity contribution >= 4 is 28.8 Å². The molecule has 0 aliphatic carbocycles. The van der Waals surface area contributed by atoms with Gasteiger partial charge >= 0.3 is 0 Å². The minimum atomic E-state index is -0.202. The van der Waals surface area contributed by atoms with Crippen molar-refractivity contribution in [3.63, 3.8) is 0 Å². The summed E-state index contributed by atoms with van der Waals surface area (Å²) in [6.45, 7) is 10.1. The van der Waals surface area contributed by atoms with E-state index in [9.17, 15) is 9.59 Å². The largest absolute Gasteiger partial charge is 0.382 e. The van der Waals surface area contributed by atoms with Gasteiger partial charge in [-0.15, -0.1) is 0 Å². The highest BCUT2D eigenvalue weighted by Gasteiger charge is 2.33. The second kappa shape index (κ2) is 12.6. The molecule has 44 heavy (non-hydrogen) atoms. The number of carbonyl (C=O) groups excluding carboxylic acids is 2. The topological polar surface area (TPSA) is 109 Å². The normalized spacial score (nSPS) is 17.4. The minimum absolute atomic E-state index is 0.00218. The molecule has 0 spiro atoms. The van der Waals surface area contributed by atoms with Gasteiger partial charge in [0.2, 0.25) is 5.91 Å². The molecule has 9 heteroatoms. The number of hydrogen-bond acceptors (Lipinski definition) is 6. The summed E-state index contributed by atoms with van der Waals surface area (Å²) in [6.07, 6.45) is 11.4. The molecule has 2 aromatic carbocycles. The fraction of sp³-hybridized carbons (Fsp3) is 0.371. The van der Waals surface area contributed by atoms with E-state index < -0.39 is 0 Å². The predicted octanol–water partition coefficient (Wildman–Crippen LogP) is 5.98. The van der Waals surface area contributed by atoms with E-state index in [2.05, 4.69) is 42.0 Å². The third-order valence-electron chi connectivity index (χ3n) is 8.81. The van der Waals surface area contributed by atoms with E-state index in [1.54, 1.807) is 18.3 Å². The number of anilines is 2. The zero-order valence-electron chi connectivity index (χ0n) is 25.8. The van der Waals surface area contributed by atoms with Gasteiger partial charge in [0.1, 0.15) is 22.9 Å². The van der Waals surface area contributed by atoms with Crippen molar-refractivity contribution < 1.29 is 9.59 Å². The van der Waals surface area contributed by atoms with Crippen LogP contribution in [0, 0.1) is 6.92 Å². The lowest BCUT2D eigenvalue weighted by Crippen LogP contribution is -2.30. The van der Waals surface area contributed by atoms with Gasteiger partial charge < -0.3 is 16.0 Å². The summed E-state index contributed by atoms with van der Waals surface area (Å²) in [7, 11) is 0. The molecule has 4 aromatic rings. The average Bonchev–Trinajstić information content (AvgIpc) is 3.78. The van der Waals surface area contributed by atoms with Gasteiger partial charge in [-0.3, -0.25) is 18.9 Å². The highest BCUT2D eigenvalue weighted by atomic mass is 16.2. The van der Waals surface area contributed by atoms with Crippen LogP contribution in [-0.4, -0.2) is 62.2 Å². The first-order chi connectivity index (χ1) is 21.3. The number of nitrogens with zero attached hydrogens (tertiary/aromatic N) is 5. The Morgan fingerprint density at radius 2 is 1.91 bits per heavy atom. The molecule has 228 valence electrons. The van der Waals surface area contributed by atoms with E-state index in [-0.39, 0.29) is 17.9 Å². The number of benzene rings is 2. The van der Waals surface area contributed by atoms with Crippen molar-refractivity contribution in [3.05, 3.63) is 89.5 Å². The standard InChI is InChI=1S/C35H41N7O2/c1-23(2)28-14-13-27(21-24(28)3)38-35(44)26-10-6-9-25(22-26)31-32-33(36)37-15-20-42(32)34(39-31)29-11-7-19-41(29)30(43)12-8-18-40-16-4-5-17-40/h6,8-10,12-15,20-23,29H,4-5,7,11,16-19H2,1-3H3,(H2,36,37)(H,38,44)/b12-8+/t29-/m0/s1. The zero-order valence-corrected chi connectivity index (χ0v) is 25.8. The van der Waals surface area contributed by atoms with E-state index in [0.29, 0.717) is 35.1 Å². The Morgan fingerprint density at radius 1 is 1.09 bits per heavy atom. The van der Waals surface area contributed by atoms with Gasteiger partial charge in [0.25, 0.3) is 5.91 Å². The summed E-state index contributed by atoms with van der Waals surface area (Å²) in [5.74, 6) is 1.31. The fourth-order valence-corrected chi connectivity index (χ4v) is 6.60. The number of carbonyl (C=O) groups is 2. The van der Waals surface area contributed by atoms with E-state index in [0.717, 1.165) is 55.1 Å². The molecule has 2 aromatic heterocycles. The van der Waals surface area contributed by atoms with Crippen LogP contribution in [0.4, 0.5) is 11.5 Å². The summed E-state index contributed by atoms with van der Waals surface area (Å²) >= 11 is 0. The highest BCUT2D eigenvalue weighted by molar-refractivity contribution is 6.05. The smallest absolute Gasteiger partial charge is 0.255 e. The average molecular weight is 592 g/mol. The van der Waals surface area contributed by atoms with Crippen LogP contribution in [0.2, 0.25) is 0 Å². The van der Waals surface area contributed by atoms with Crippen LogP contribution in [0.5, 0.6) is 0 Å². The molecule has 2 fully saturated rings. The monoisotopic (exact) mass is 591 g/mol. The van der Waals surface area contributed by atoms with Crippen LogP contribution < -0.4 is 11.1 Å². The van der Waals surface area contributed by atoms with E-state index in [4.69, 9.17) is 10.7 Å². The van der Waals surface area contributed by atoms with Crippen LogP contribution >= 0.6 is 0 Å². The zero-order chi connectivity index (χ0) is 30.8. The van der Waals surface area contributed by atoms with Crippen LogP contribution in [0.15, 0.2) is 67.0 Å². The van der Waals surface area contributed by atoms with Gasteiger partial charge in [0.05, 0.1) is 6.04 Å². The maximum atomic E-state index is 13.3. The lowest BCUT2D eigenvalue weighted by molar-refractivity contribution is -0.127. The van der Waals surface area contributed by atoms with E-state index in [1.807, 2.05) is 51.9 Å². The number of rotatable bonds is 8. The summed E-state index contributed by atoms with van der Waals surface area (Å²) < 4.78 is 1.95. The first-order valence-corrected chi connectivity index (χ1v) is 15.6. The van der Waals surface area contributed by atoms with Crippen LogP contribution in [-0.2, 0) is 4.79 Å². The first kappa shape index (κ1) is 29.6. The summed E-state index contributed by atoms with van der Waals surface area (Å²) in [5.41, 5.74) is 12.2. The number of fused-ring (bicyclic) bond motifs is 1. The van der Waals surface area contributed by atoms with Crippen molar-refractivity contribution in [1.82, 2.24) is 24.2 Å². The van der Waals surface area contributed by atoms with Crippen molar-refractivity contribution in [3.8, 4) is 11.3 Å². The summed E-state index contributed by atoms with van der Waals surface area (Å²) in [6, 6.07) is 13.2. The van der Waals surface area contributed by atoms with Crippen LogP contribution in [0.3, 0.4) is 0 Å². The molecule has 1 atom stereocenters. The molecule has 9 nitrogen and oxygen atoms in total. The number of hydrogen-bond donors (Lipinski definition) is 2. The maximum absolute atomic E-state index is 13.3. The molecule has 4 heterocycles. The molecule has 2 aliphatic rings. The number of aryl methyl sites for hydroxylation is 1. The summed E-state index contributed by atoms with van der Waals surface area (Å²) in [5, 5.41) is 3.04. The summed E-state index contributed by atoms with van der Waals surface area (Å²) in [4.78, 5) is 40.4. The van der Waals surface area contributed by atoms with Crippen LogP contribution in [0.25, 0.3) is 16.8 Å². The predicted molar refractivity (Wildman–Crippen MR) is 175 cm³/mol. The Hall–Kier alpha value is -4.50. The number of nitrogens with two attached hydrogens (primary N) is 1. The van der Waals surface area contributed by atoms with Crippen molar-refractivity contribution in [1.29, 1.82) is 0 Å². The van der Waals surface area contributed by atoms with Gasteiger partial charge in [0, 0.05) is 48.4 Å². The second-order valence-corrected chi connectivity index (χ2v) is 12.2. The van der Waals surface area contributed by atoms with Crippen molar-refractivity contribution in [2.75, 3.05) is 37.2 Å². The third-order valence-corrected chi connectivity index (χ3v) is 8.81. The Bertz CT molecular complexity index is 1720. The number of imidazole rings is 1. The number of amides is 2.